The molecule has 1 heteroatoms. The quantitative estimate of drug-likeness (QED) is 0.736. The van der Waals surface area contributed by atoms with E-state index >= 15 is 0 Å². The molecule has 0 spiro atoms. The smallest absolute Gasteiger partial charge is 0.0243 e. The lowest BCUT2D eigenvalue weighted by Crippen LogP contribution is -2.31. The summed E-state index contributed by atoms with van der Waals surface area (Å²) in [6.07, 6.45) is 8.77. The Bertz CT molecular complexity index is 376. The van der Waals surface area contributed by atoms with Gasteiger partial charge < -0.3 is 5.32 Å². The zero-order valence-electron chi connectivity index (χ0n) is 10.5. The van der Waals surface area contributed by atoms with Gasteiger partial charge in [0.15, 0.2) is 0 Å². The second-order valence-corrected chi connectivity index (χ2v) is 4.89. The molecule has 0 radical (unpaired) electrons. The molecule has 0 saturated heterocycles. The molecule has 0 bridgehead atoms. The monoisotopic (exact) mass is 227 g/mol. The highest BCUT2D eigenvalue weighted by Crippen LogP contribution is 2.50. The molecule has 1 N–H and O–H groups in total. The average molecular weight is 227 g/mol. The molecule has 1 aromatic rings. The summed E-state index contributed by atoms with van der Waals surface area (Å²) in [5.41, 5.74) is 1.47. The Labute approximate surface area is 105 Å². The molecule has 0 aromatic heterocycles. The molecule has 90 valence electrons. The van der Waals surface area contributed by atoms with Crippen LogP contribution in [-0.4, -0.2) is 12.6 Å². The van der Waals surface area contributed by atoms with Crippen LogP contribution in [0.4, 0.5) is 0 Å². The van der Waals surface area contributed by atoms with Gasteiger partial charge in [0.25, 0.3) is 0 Å². The summed E-state index contributed by atoms with van der Waals surface area (Å²) < 4.78 is 0. The van der Waals surface area contributed by atoms with Gasteiger partial charge in [0.05, 0.1) is 0 Å². The van der Waals surface area contributed by atoms with E-state index in [0.717, 1.165) is 24.8 Å². The highest BCUT2D eigenvalue weighted by molar-refractivity contribution is 5.27. The summed E-state index contributed by atoms with van der Waals surface area (Å²) in [6, 6.07) is 11.3. The Morgan fingerprint density at radius 1 is 1.41 bits per heavy atom. The van der Waals surface area contributed by atoms with Crippen molar-refractivity contribution in [1.82, 2.24) is 5.32 Å². The van der Waals surface area contributed by atoms with Crippen LogP contribution in [0, 0.1) is 18.3 Å². The summed E-state index contributed by atoms with van der Waals surface area (Å²) in [6.45, 7) is 3.27. The Kier molecular flexibility index (Phi) is 4.23. The lowest BCUT2D eigenvalue weighted by Gasteiger charge is -2.16. The molecule has 0 amide bonds. The highest BCUT2D eigenvalue weighted by atomic mass is 14.9. The zero-order chi connectivity index (χ0) is 12.1. The molecule has 1 aliphatic rings. The lowest BCUT2D eigenvalue weighted by molar-refractivity contribution is 0.463. The van der Waals surface area contributed by atoms with Crippen molar-refractivity contribution in [1.29, 1.82) is 0 Å². The van der Waals surface area contributed by atoms with E-state index in [2.05, 4.69) is 48.5 Å². The minimum Gasteiger partial charge on any atom is -0.313 e. The van der Waals surface area contributed by atoms with Crippen molar-refractivity contribution in [3.05, 3.63) is 35.9 Å². The maximum atomic E-state index is 5.46. The molecule has 1 saturated carbocycles. The van der Waals surface area contributed by atoms with Crippen molar-refractivity contribution in [2.24, 2.45) is 5.92 Å². The van der Waals surface area contributed by atoms with Gasteiger partial charge in [0.1, 0.15) is 0 Å². The minimum absolute atomic E-state index is 0.505. The Morgan fingerprint density at radius 3 is 2.82 bits per heavy atom. The van der Waals surface area contributed by atoms with Gasteiger partial charge in [0, 0.05) is 12.5 Å². The summed E-state index contributed by atoms with van der Waals surface area (Å²) in [4.78, 5) is 0. The standard InChI is InChI=1S/C16H21N/c1-3-8-16(17-11-4-2)15-12-14(15)13-9-6-5-7-10-13/h1,5-7,9-10,14-17H,4,8,11-12H2,2H3. The number of rotatable bonds is 6. The normalized spacial score (nSPS) is 24.0. The number of terminal acetylenes is 1. The van der Waals surface area contributed by atoms with Crippen molar-refractivity contribution < 1.29 is 0 Å². The van der Waals surface area contributed by atoms with Crippen molar-refractivity contribution in [2.75, 3.05) is 6.54 Å². The summed E-state index contributed by atoms with van der Waals surface area (Å²) >= 11 is 0. The molecule has 1 fully saturated rings. The molecule has 1 aliphatic carbocycles. The topological polar surface area (TPSA) is 12.0 Å². The first-order valence-corrected chi connectivity index (χ1v) is 6.58. The van der Waals surface area contributed by atoms with Gasteiger partial charge >= 0.3 is 0 Å². The van der Waals surface area contributed by atoms with Gasteiger partial charge in [-0.1, -0.05) is 37.3 Å². The molecule has 0 aliphatic heterocycles. The maximum absolute atomic E-state index is 5.46. The molecule has 2 rings (SSSR count). The molecule has 1 nitrogen and oxygen atoms in total. The van der Waals surface area contributed by atoms with Gasteiger partial charge in [-0.05, 0) is 36.8 Å². The fourth-order valence-electron chi connectivity index (χ4n) is 2.57. The number of hydrogen-bond acceptors (Lipinski definition) is 1. The second-order valence-electron chi connectivity index (χ2n) is 4.89. The molecule has 17 heavy (non-hydrogen) atoms. The fraction of sp³-hybridized carbons (Fsp3) is 0.500. The predicted molar refractivity (Wildman–Crippen MR) is 72.8 cm³/mol. The van der Waals surface area contributed by atoms with E-state index in [4.69, 9.17) is 6.42 Å². The van der Waals surface area contributed by atoms with Gasteiger partial charge in [-0.3, -0.25) is 0 Å². The molecule has 3 unspecified atom stereocenters. The fourth-order valence-corrected chi connectivity index (χ4v) is 2.57. The zero-order valence-corrected chi connectivity index (χ0v) is 10.5. The number of hydrogen-bond donors (Lipinski definition) is 1. The highest BCUT2D eigenvalue weighted by Gasteiger charge is 2.42. The molecule has 1 aromatic carbocycles. The average Bonchev–Trinajstić information content (AvgIpc) is 3.16. The molecular formula is C16H21N. The van der Waals surface area contributed by atoms with Crippen LogP contribution in [-0.2, 0) is 0 Å². The van der Waals surface area contributed by atoms with E-state index in [1.165, 1.54) is 18.4 Å². The van der Waals surface area contributed by atoms with Gasteiger partial charge in [-0.25, -0.2) is 0 Å². The van der Waals surface area contributed by atoms with Gasteiger partial charge in [0.2, 0.25) is 0 Å². The molecule has 0 heterocycles. The van der Waals surface area contributed by atoms with Crippen molar-refractivity contribution in [3.8, 4) is 12.3 Å². The minimum atomic E-state index is 0.505. The van der Waals surface area contributed by atoms with E-state index in [9.17, 15) is 0 Å². The van der Waals surface area contributed by atoms with E-state index in [-0.39, 0.29) is 0 Å². The van der Waals surface area contributed by atoms with E-state index < -0.39 is 0 Å². The van der Waals surface area contributed by atoms with Crippen LogP contribution < -0.4 is 5.32 Å². The lowest BCUT2D eigenvalue weighted by atomic mass is 10.0. The first-order chi connectivity index (χ1) is 8.36. The van der Waals surface area contributed by atoms with Crippen LogP contribution in [0.2, 0.25) is 0 Å². The summed E-state index contributed by atoms with van der Waals surface area (Å²) in [7, 11) is 0. The predicted octanol–water partition coefficient (Wildman–Crippen LogP) is 3.18. The van der Waals surface area contributed by atoms with Crippen LogP contribution in [0.3, 0.4) is 0 Å². The van der Waals surface area contributed by atoms with Crippen molar-refractivity contribution >= 4 is 0 Å². The number of benzene rings is 1. The third kappa shape index (κ3) is 3.11. The largest absolute Gasteiger partial charge is 0.313 e. The molecular weight excluding hydrogens is 206 g/mol. The van der Waals surface area contributed by atoms with Crippen molar-refractivity contribution in [2.45, 2.75) is 38.1 Å². The van der Waals surface area contributed by atoms with Gasteiger partial charge in [-0.2, -0.15) is 0 Å². The second kappa shape index (κ2) is 5.89. The Morgan fingerprint density at radius 2 is 2.18 bits per heavy atom. The SMILES string of the molecule is C#CCC(NCCC)C1CC1c1ccccc1. The third-order valence-electron chi connectivity index (χ3n) is 3.58. The first-order valence-electron chi connectivity index (χ1n) is 6.58. The Hall–Kier alpha value is -1.26. The third-order valence-corrected chi connectivity index (χ3v) is 3.58. The van der Waals surface area contributed by atoms with E-state index in [0.29, 0.717) is 6.04 Å². The summed E-state index contributed by atoms with van der Waals surface area (Å²) in [5.74, 6) is 4.26. The van der Waals surface area contributed by atoms with Crippen LogP contribution in [0.25, 0.3) is 0 Å². The van der Waals surface area contributed by atoms with E-state index in [1.54, 1.807) is 0 Å². The van der Waals surface area contributed by atoms with Crippen LogP contribution in [0.5, 0.6) is 0 Å². The van der Waals surface area contributed by atoms with Gasteiger partial charge in [-0.15, -0.1) is 12.3 Å². The maximum Gasteiger partial charge on any atom is 0.0243 e. The van der Waals surface area contributed by atoms with E-state index in [1.807, 2.05) is 0 Å². The van der Waals surface area contributed by atoms with Crippen LogP contribution in [0.1, 0.15) is 37.7 Å². The molecule has 3 atom stereocenters. The number of nitrogens with one attached hydrogen (secondary N) is 1. The van der Waals surface area contributed by atoms with Crippen molar-refractivity contribution in [3.63, 3.8) is 0 Å². The summed E-state index contributed by atoms with van der Waals surface area (Å²) in [5, 5.41) is 3.59. The Balaban J connectivity index is 1.93. The first kappa shape index (κ1) is 12.2. The van der Waals surface area contributed by atoms with Crippen LogP contribution in [0.15, 0.2) is 30.3 Å². The van der Waals surface area contributed by atoms with Crippen LogP contribution >= 0.6 is 0 Å².